The summed E-state index contributed by atoms with van der Waals surface area (Å²) < 4.78 is 5.05. The van der Waals surface area contributed by atoms with Gasteiger partial charge in [0, 0.05) is 5.69 Å². The molecular formula is C19H20N2O2. The van der Waals surface area contributed by atoms with Crippen molar-refractivity contribution in [1.29, 1.82) is 5.26 Å². The van der Waals surface area contributed by atoms with Crippen LogP contribution in [0.1, 0.15) is 24.5 Å². The predicted octanol–water partition coefficient (Wildman–Crippen LogP) is 3.78. The summed E-state index contributed by atoms with van der Waals surface area (Å²) in [5.41, 5.74) is 1.43. The van der Waals surface area contributed by atoms with Gasteiger partial charge in [0.05, 0.1) is 19.1 Å². The second-order valence-corrected chi connectivity index (χ2v) is 5.36. The molecule has 23 heavy (non-hydrogen) atoms. The number of benzene rings is 2. The third-order valence-corrected chi connectivity index (χ3v) is 3.55. The molecule has 0 aliphatic rings. The molecule has 0 aliphatic carbocycles. The Hall–Kier alpha value is -2.80. The van der Waals surface area contributed by atoms with Gasteiger partial charge in [-0.15, -0.1) is 0 Å². The normalized spacial score (nSPS) is 12.7. The highest BCUT2D eigenvalue weighted by Crippen LogP contribution is 2.30. The van der Waals surface area contributed by atoms with Crippen LogP contribution in [0.3, 0.4) is 0 Å². The number of aryl methyl sites for hydroxylation is 1. The van der Waals surface area contributed by atoms with Gasteiger partial charge in [-0.1, -0.05) is 42.5 Å². The fourth-order valence-corrected chi connectivity index (χ4v) is 2.47. The number of ether oxygens (including phenoxy) is 1. The van der Waals surface area contributed by atoms with Crippen molar-refractivity contribution in [3.63, 3.8) is 0 Å². The minimum Gasteiger partial charge on any atom is -0.466 e. The van der Waals surface area contributed by atoms with E-state index in [9.17, 15) is 10.1 Å². The van der Waals surface area contributed by atoms with Crippen molar-refractivity contribution >= 4 is 11.7 Å². The molecule has 0 radical (unpaired) electrons. The summed E-state index contributed by atoms with van der Waals surface area (Å²) >= 11 is 0. The summed E-state index contributed by atoms with van der Waals surface area (Å²) in [6.45, 7) is 4.02. The molecule has 1 atom stereocenters. The molecule has 2 aromatic carbocycles. The molecule has 0 saturated carbocycles. The second kappa shape index (κ2) is 7.46. The van der Waals surface area contributed by atoms with Crippen molar-refractivity contribution in [3.8, 4) is 6.07 Å². The lowest BCUT2D eigenvalue weighted by molar-refractivity contribution is -0.143. The van der Waals surface area contributed by atoms with Crippen LogP contribution >= 0.6 is 0 Å². The lowest BCUT2D eigenvalue weighted by Gasteiger charge is -2.29. The standard InChI is InChI=1S/C19H20N2O2/c1-3-23-18(22)13-19(14-20,16-9-5-4-6-10-16)21-17-11-7-8-15(2)12-17/h4-12,21H,3,13H2,1-2H3. The summed E-state index contributed by atoms with van der Waals surface area (Å²) in [4.78, 5) is 12.0. The van der Waals surface area contributed by atoms with Crippen molar-refractivity contribution in [2.45, 2.75) is 25.8 Å². The molecule has 0 fully saturated rings. The molecule has 0 heterocycles. The van der Waals surface area contributed by atoms with Crippen LogP contribution in [0.25, 0.3) is 0 Å². The van der Waals surface area contributed by atoms with E-state index in [4.69, 9.17) is 4.74 Å². The van der Waals surface area contributed by atoms with Gasteiger partial charge >= 0.3 is 5.97 Å². The zero-order valence-electron chi connectivity index (χ0n) is 13.4. The highest BCUT2D eigenvalue weighted by Gasteiger charge is 2.35. The van der Waals surface area contributed by atoms with Crippen molar-refractivity contribution in [2.75, 3.05) is 11.9 Å². The number of hydrogen-bond acceptors (Lipinski definition) is 4. The quantitative estimate of drug-likeness (QED) is 0.825. The summed E-state index contributed by atoms with van der Waals surface area (Å²) in [7, 11) is 0. The Morgan fingerprint density at radius 1 is 1.22 bits per heavy atom. The fourth-order valence-electron chi connectivity index (χ4n) is 2.47. The van der Waals surface area contributed by atoms with Gasteiger partial charge < -0.3 is 10.1 Å². The smallest absolute Gasteiger partial charge is 0.309 e. The fraction of sp³-hybridized carbons (Fsp3) is 0.263. The first-order valence-corrected chi connectivity index (χ1v) is 7.57. The maximum absolute atomic E-state index is 12.0. The van der Waals surface area contributed by atoms with Crippen molar-refractivity contribution in [3.05, 3.63) is 65.7 Å². The molecular weight excluding hydrogens is 288 g/mol. The van der Waals surface area contributed by atoms with E-state index in [1.807, 2.05) is 61.5 Å². The summed E-state index contributed by atoms with van der Waals surface area (Å²) in [5, 5.41) is 13.1. The number of anilines is 1. The molecule has 0 spiro atoms. The molecule has 4 nitrogen and oxygen atoms in total. The third kappa shape index (κ3) is 4.10. The topological polar surface area (TPSA) is 62.1 Å². The van der Waals surface area contributed by atoms with Crippen LogP contribution in [-0.4, -0.2) is 12.6 Å². The van der Waals surface area contributed by atoms with Crippen LogP contribution in [0, 0.1) is 18.3 Å². The van der Waals surface area contributed by atoms with E-state index >= 15 is 0 Å². The number of rotatable bonds is 6. The first-order chi connectivity index (χ1) is 11.1. The predicted molar refractivity (Wildman–Crippen MR) is 89.8 cm³/mol. The van der Waals surface area contributed by atoms with Gasteiger partial charge in [0.2, 0.25) is 0 Å². The van der Waals surface area contributed by atoms with Crippen molar-refractivity contribution in [2.24, 2.45) is 0 Å². The van der Waals surface area contributed by atoms with Gasteiger partial charge in [-0.05, 0) is 37.1 Å². The van der Waals surface area contributed by atoms with E-state index in [2.05, 4.69) is 11.4 Å². The van der Waals surface area contributed by atoms with E-state index in [1.54, 1.807) is 6.92 Å². The van der Waals surface area contributed by atoms with Crippen LogP contribution in [0.4, 0.5) is 5.69 Å². The second-order valence-electron chi connectivity index (χ2n) is 5.36. The number of carbonyl (C=O) groups excluding carboxylic acids is 1. The van der Waals surface area contributed by atoms with E-state index in [0.717, 1.165) is 16.8 Å². The minimum atomic E-state index is -1.17. The first-order valence-electron chi connectivity index (χ1n) is 7.57. The number of nitriles is 1. The van der Waals surface area contributed by atoms with Gasteiger partial charge in [-0.2, -0.15) is 5.26 Å². The van der Waals surface area contributed by atoms with Crippen molar-refractivity contribution < 1.29 is 9.53 Å². The Morgan fingerprint density at radius 3 is 2.57 bits per heavy atom. The maximum Gasteiger partial charge on any atom is 0.309 e. The molecule has 0 aromatic heterocycles. The van der Waals surface area contributed by atoms with Gasteiger partial charge in [0.1, 0.15) is 0 Å². The Kier molecular flexibility index (Phi) is 5.37. The largest absolute Gasteiger partial charge is 0.466 e. The Bertz CT molecular complexity index is 707. The van der Waals surface area contributed by atoms with Crippen LogP contribution in [-0.2, 0) is 15.1 Å². The van der Waals surface area contributed by atoms with Gasteiger partial charge in [-0.3, -0.25) is 4.79 Å². The maximum atomic E-state index is 12.0. The van der Waals surface area contributed by atoms with E-state index < -0.39 is 11.5 Å². The lowest BCUT2D eigenvalue weighted by atomic mass is 9.87. The van der Waals surface area contributed by atoms with E-state index in [-0.39, 0.29) is 6.42 Å². The molecule has 0 aliphatic heterocycles. The molecule has 2 aromatic rings. The number of carbonyl (C=O) groups is 1. The zero-order chi connectivity index (χ0) is 16.7. The minimum absolute atomic E-state index is 0.0602. The summed E-state index contributed by atoms with van der Waals surface area (Å²) in [6.07, 6.45) is -0.0602. The average Bonchev–Trinajstić information content (AvgIpc) is 2.55. The van der Waals surface area contributed by atoms with Gasteiger partial charge in [0.15, 0.2) is 5.54 Å². The number of nitrogens with one attached hydrogen (secondary N) is 1. The molecule has 4 heteroatoms. The molecule has 118 valence electrons. The monoisotopic (exact) mass is 308 g/mol. The average molecular weight is 308 g/mol. The SMILES string of the molecule is CCOC(=O)CC(C#N)(Nc1cccc(C)c1)c1ccccc1. The molecule has 0 bridgehead atoms. The van der Waals surface area contributed by atoms with Crippen molar-refractivity contribution in [1.82, 2.24) is 0 Å². The van der Waals surface area contributed by atoms with Crippen LogP contribution in [0.15, 0.2) is 54.6 Å². The first kappa shape index (κ1) is 16.6. The molecule has 0 amide bonds. The molecule has 0 saturated heterocycles. The van der Waals surface area contributed by atoms with E-state index in [0.29, 0.717) is 6.61 Å². The van der Waals surface area contributed by atoms with E-state index in [1.165, 1.54) is 0 Å². The Labute approximate surface area is 136 Å². The van der Waals surface area contributed by atoms with Crippen LogP contribution in [0.2, 0.25) is 0 Å². The number of nitrogens with zero attached hydrogens (tertiary/aromatic N) is 1. The lowest BCUT2D eigenvalue weighted by Crippen LogP contribution is -2.37. The number of hydrogen-bond donors (Lipinski definition) is 1. The van der Waals surface area contributed by atoms with Crippen LogP contribution < -0.4 is 5.32 Å². The summed E-state index contributed by atoms with van der Waals surface area (Å²) in [6, 6.07) is 19.3. The van der Waals surface area contributed by atoms with Gasteiger partial charge in [0.25, 0.3) is 0 Å². The Balaban J connectivity index is 2.41. The highest BCUT2D eigenvalue weighted by molar-refractivity contribution is 5.74. The summed E-state index contributed by atoms with van der Waals surface area (Å²) in [5.74, 6) is -0.405. The van der Waals surface area contributed by atoms with Gasteiger partial charge in [-0.25, -0.2) is 0 Å². The van der Waals surface area contributed by atoms with Crippen LogP contribution in [0.5, 0.6) is 0 Å². The third-order valence-electron chi connectivity index (χ3n) is 3.55. The number of esters is 1. The highest BCUT2D eigenvalue weighted by atomic mass is 16.5. The Morgan fingerprint density at radius 2 is 1.96 bits per heavy atom. The molecule has 1 N–H and O–H groups in total. The zero-order valence-corrected chi connectivity index (χ0v) is 13.4. The molecule has 2 rings (SSSR count). The molecule has 1 unspecified atom stereocenters.